The normalized spacial score (nSPS) is 12.2. The highest BCUT2D eigenvalue weighted by Crippen LogP contribution is 2.23. The molecule has 0 aliphatic heterocycles. The van der Waals surface area contributed by atoms with E-state index in [1.165, 1.54) is 9.13 Å². The zero-order valence-electron chi connectivity index (χ0n) is 11.6. The SMILES string of the molecule is COc1ccccc1CC(CO)Cc1ccc(I)cc1. The molecule has 20 heavy (non-hydrogen) atoms. The van der Waals surface area contributed by atoms with Gasteiger partial charge in [0.1, 0.15) is 5.75 Å². The fraction of sp³-hybridized carbons (Fsp3) is 0.294. The Bertz CT molecular complexity index is 537. The lowest BCUT2D eigenvalue weighted by Crippen LogP contribution is -2.13. The van der Waals surface area contributed by atoms with E-state index in [2.05, 4.69) is 52.9 Å². The van der Waals surface area contributed by atoms with Gasteiger partial charge in [0.15, 0.2) is 0 Å². The first kappa shape index (κ1) is 15.3. The molecule has 0 saturated heterocycles. The summed E-state index contributed by atoms with van der Waals surface area (Å²) in [4.78, 5) is 0. The van der Waals surface area contributed by atoms with E-state index in [1.54, 1.807) is 7.11 Å². The van der Waals surface area contributed by atoms with Crippen molar-refractivity contribution in [2.45, 2.75) is 12.8 Å². The van der Waals surface area contributed by atoms with Crippen LogP contribution in [0.4, 0.5) is 0 Å². The van der Waals surface area contributed by atoms with Crippen molar-refractivity contribution in [1.82, 2.24) is 0 Å². The molecule has 106 valence electrons. The molecule has 2 nitrogen and oxygen atoms in total. The number of halogens is 1. The Kier molecular flexibility index (Phi) is 5.86. The zero-order chi connectivity index (χ0) is 14.4. The summed E-state index contributed by atoms with van der Waals surface area (Å²) >= 11 is 2.30. The van der Waals surface area contributed by atoms with Crippen LogP contribution in [0.2, 0.25) is 0 Å². The Balaban J connectivity index is 2.07. The second-order valence-electron chi connectivity index (χ2n) is 4.90. The average molecular weight is 382 g/mol. The van der Waals surface area contributed by atoms with Crippen LogP contribution in [0.1, 0.15) is 11.1 Å². The lowest BCUT2D eigenvalue weighted by Gasteiger charge is -2.16. The molecule has 0 fully saturated rings. The Morgan fingerprint density at radius 1 is 1.05 bits per heavy atom. The summed E-state index contributed by atoms with van der Waals surface area (Å²) in [6, 6.07) is 16.5. The summed E-state index contributed by atoms with van der Waals surface area (Å²) < 4.78 is 6.61. The van der Waals surface area contributed by atoms with Crippen LogP contribution in [-0.2, 0) is 12.8 Å². The van der Waals surface area contributed by atoms with Crippen LogP contribution in [-0.4, -0.2) is 18.8 Å². The predicted molar refractivity (Wildman–Crippen MR) is 90.1 cm³/mol. The number of aliphatic hydroxyl groups excluding tert-OH is 1. The van der Waals surface area contributed by atoms with Gasteiger partial charge < -0.3 is 9.84 Å². The van der Waals surface area contributed by atoms with Crippen molar-refractivity contribution in [1.29, 1.82) is 0 Å². The smallest absolute Gasteiger partial charge is 0.122 e. The molecule has 0 aliphatic carbocycles. The van der Waals surface area contributed by atoms with E-state index < -0.39 is 0 Å². The molecule has 2 aromatic rings. The van der Waals surface area contributed by atoms with Gasteiger partial charge in [-0.15, -0.1) is 0 Å². The van der Waals surface area contributed by atoms with Crippen molar-refractivity contribution in [3.63, 3.8) is 0 Å². The molecule has 0 radical (unpaired) electrons. The van der Waals surface area contributed by atoms with Crippen molar-refractivity contribution in [3.05, 3.63) is 63.2 Å². The van der Waals surface area contributed by atoms with Crippen molar-refractivity contribution >= 4 is 22.6 Å². The maximum absolute atomic E-state index is 9.62. The molecule has 1 atom stereocenters. The lowest BCUT2D eigenvalue weighted by atomic mass is 9.93. The minimum Gasteiger partial charge on any atom is -0.496 e. The van der Waals surface area contributed by atoms with Gasteiger partial charge in [0.05, 0.1) is 7.11 Å². The van der Waals surface area contributed by atoms with E-state index >= 15 is 0 Å². The fourth-order valence-electron chi connectivity index (χ4n) is 2.34. The van der Waals surface area contributed by atoms with Gasteiger partial charge in [-0.05, 0) is 70.7 Å². The van der Waals surface area contributed by atoms with Gasteiger partial charge in [0, 0.05) is 10.2 Å². The van der Waals surface area contributed by atoms with Crippen LogP contribution in [0.15, 0.2) is 48.5 Å². The third-order valence-electron chi connectivity index (χ3n) is 3.40. The zero-order valence-corrected chi connectivity index (χ0v) is 13.7. The maximum atomic E-state index is 9.62. The van der Waals surface area contributed by atoms with Crippen molar-refractivity contribution in [2.24, 2.45) is 5.92 Å². The number of aliphatic hydroxyl groups is 1. The highest BCUT2D eigenvalue weighted by molar-refractivity contribution is 14.1. The quantitative estimate of drug-likeness (QED) is 0.773. The second-order valence-corrected chi connectivity index (χ2v) is 6.14. The minimum atomic E-state index is 0.185. The van der Waals surface area contributed by atoms with Gasteiger partial charge in [-0.25, -0.2) is 0 Å². The van der Waals surface area contributed by atoms with Crippen LogP contribution in [0.5, 0.6) is 5.75 Å². The molecule has 0 bridgehead atoms. The average Bonchev–Trinajstić information content (AvgIpc) is 2.49. The topological polar surface area (TPSA) is 29.5 Å². The Morgan fingerprint density at radius 2 is 1.75 bits per heavy atom. The third kappa shape index (κ3) is 4.21. The number of hydrogen-bond acceptors (Lipinski definition) is 2. The van der Waals surface area contributed by atoms with E-state index in [0.717, 1.165) is 24.2 Å². The van der Waals surface area contributed by atoms with Crippen LogP contribution in [0.25, 0.3) is 0 Å². The summed E-state index contributed by atoms with van der Waals surface area (Å²) in [5.74, 6) is 1.11. The van der Waals surface area contributed by atoms with E-state index in [4.69, 9.17) is 4.74 Å². The van der Waals surface area contributed by atoms with Crippen LogP contribution in [0, 0.1) is 9.49 Å². The molecule has 1 unspecified atom stereocenters. The molecule has 0 heterocycles. The summed E-state index contributed by atoms with van der Waals surface area (Å²) in [7, 11) is 1.69. The predicted octanol–water partition coefficient (Wildman–Crippen LogP) is 3.69. The molecule has 0 amide bonds. The van der Waals surface area contributed by atoms with E-state index in [9.17, 15) is 5.11 Å². The number of hydrogen-bond donors (Lipinski definition) is 1. The van der Waals surface area contributed by atoms with Gasteiger partial charge >= 0.3 is 0 Å². The molecule has 2 aromatic carbocycles. The number of ether oxygens (including phenoxy) is 1. The van der Waals surface area contributed by atoms with E-state index in [1.807, 2.05) is 18.2 Å². The Hall–Kier alpha value is -1.07. The largest absolute Gasteiger partial charge is 0.496 e. The standard InChI is InChI=1S/C17H19IO2/c1-20-17-5-3-2-4-15(17)11-14(12-19)10-13-6-8-16(18)9-7-13/h2-9,14,19H,10-12H2,1H3. The van der Waals surface area contributed by atoms with Gasteiger partial charge in [-0.1, -0.05) is 30.3 Å². The molecule has 0 spiro atoms. The first-order chi connectivity index (χ1) is 9.72. The number of benzene rings is 2. The first-order valence-electron chi connectivity index (χ1n) is 6.70. The number of para-hydroxylation sites is 1. The second kappa shape index (κ2) is 7.64. The van der Waals surface area contributed by atoms with E-state index in [-0.39, 0.29) is 12.5 Å². The Labute approximate surface area is 133 Å². The first-order valence-corrected chi connectivity index (χ1v) is 7.78. The summed E-state index contributed by atoms with van der Waals surface area (Å²) in [6.45, 7) is 0.185. The van der Waals surface area contributed by atoms with E-state index in [0.29, 0.717) is 0 Å². The van der Waals surface area contributed by atoms with Gasteiger partial charge in [0.2, 0.25) is 0 Å². The number of rotatable bonds is 6. The summed E-state index contributed by atoms with van der Waals surface area (Å²) in [6.07, 6.45) is 1.71. The molecule has 0 aromatic heterocycles. The molecule has 3 heteroatoms. The highest BCUT2D eigenvalue weighted by atomic mass is 127. The van der Waals surface area contributed by atoms with Gasteiger partial charge in [-0.2, -0.15) is 0 Å². The summed E-state index contributed by atoms with van der Waals surface area (Å²) in [5, 5.41) is 9.62. The maximum Gasteiger partial charge on any atom is 0.122 e. The number of methoxy groups -OCH3 is 1. The lowest BCUT2D eigenvalue weighted by molar-refractivity contribution is 0.224. The van der Waals surface area contributed by atoms with Crippen molar-refractivity contribution in [2.75, 3.05) is 13.7 Å². The molecule has 1 N–H and O–H groups in total. The van der Waals surface area contributed by atoms with Crippen LogP contribution in [0.3, 0.4) is 0 Å². The monoisotopic (exact) mass is 382 g/mol. The fourth-order valence-corrected chi connectivity index (χ4v) is 2.70. The molecule has 0 aliphatic rings. The third-order valence-corrected chi connectivity index (χ3v) is 4.12. The Morgan fingerprint density at radius 3 is 2.40 bits per heavy atom. The minimum absolute atomic E-state index is 0.185. The van der Waals surface area contributed by atoms with Crippen molar-refractivity contribution in [3.8, 4) is 5.75 Å². The van der Waals surface area contributed by atoms with Crippen LogP contribution < -0.4 is 4.74 Å². The molecule has 0 saturated carbocycles. The molecular formula is C17H19IO2. The summed E-state index contributed by atoms with van der Waals surface area (Å²) in [5.41, 5.74) is 2.42. The van der Waals surface area contributed by atoms with Gasteiger partial charge in [-0.3, -0.25) is 0 Å². The highest BCUT2D eigenvalue weighted by Gasteiger charge is 2.12. The van der Waals surface area contributed by atoms with Crippen molar-refractivity contribution < 1.29 is 9.84 Å². The molecule has 2 rings (SSSR count). The molecular weight excluding hydrogens is 363 g/mol. The van der Waals surface area contributed by atoms with Crippen LogP contribution >= 0.6 is 22.6 Å². The van der Waals surface area contributed by atoms with Gasteiger partial charge in [0.25, 0.3) is 0 Å².